The largest absolute Gasteiger partial charge is 0.507 e. The van der Waals surface area contributed by atoms with Crippen LogP contribution in [0.15, 0.2) is 161 Å². The molecule has 1 aromatic heterocycles. The molecule has 0 fully saturated rings. The molecule has 11 nitrogen and oxygen atoms in total. The van der Waals surface area contributed by atoms with Crippen LogP contribution < -0.4 is 15.6 Å². The van der Waals surface area contributed by atoms with Gasteiger partial charge in [0.1, 0.15) is 23.3 Å². The minimum atomic E-state index is -1.52. The first kappa shape index (κ1) is 64.4. The van der Waals surface area contributed by atoms with Crippen molar-refractivity contribution >= 4 is 45.3 Å². The maximum Gasteiger partial charge on any atom is 0.492 e. The molecule has 1 heterocycles. The molecular weight excluding hydrogens is 1710 g/mol. The van der Waals surface area contributed by atoms with E-state index in [0.717, 1.165) is 33.1 Å². The number of ether oxygens (including phenoxy) is 2. The van der Waals surface area contributed by atoms with Crippen LogP contribution in [-0.4, -0.2) is 57.3 Å². The summed E-state index contributed by atoms with van der Waals surface area (Å²) in [6.45, 7) is 12.2. The third kappa shape index (κ3) is 21.3. The smallest absolute Gasteiger partial charge is 0.492 e. The van der Waals surface area contributed by atoms with Gasteiger partial charge in [-0.1, -0.05) is 173 Å². The molecule has 0 aliphatic rings. The molecule has 0 amide bonds. The predicted octanol–water partition coefficient (Wildman–Crippen LogP) is 9.76. The molecule has 6 N–H and O–H groups in total. The average Bonchev–Trinajstić information content (AvgIpc) is 3.38. The van der Waals surface area contributed by atoms with Crippen LogP contribution >= 0.6 is 15.9 Å². The number of phenols is 1. The topological polar surface area (TPSA) is 187 Å². The summed E-state index contributed by atoms with van der Waals surface area (Å²) >= 11 is 3.34. The third-order valence-electron chi connectivity index (χ3n) is 8.79. The number of carbonyl (C=O) groups is 1. The molecule has 0 saturated carbocycles. The standard InChI is InChI=1S/C16H12O3.C15H14O3.C8H11BO4.C8H9BrO.3C2H6.3Sg/c17-9-11-5-7-12(8-6-11)14-10-19-15-4-2-1-3-13(15)16(14)18;16-10-12-7-5-11(6-8-12)9-15(18)13-3-1-2-4-14(13)17;1-12-6-13-8-5-3-2-4-7(8)9(10)11;9-5-7-1-3-8(6-10)4-2-7;3*1-2;;;/h1-8,10,17H,9H2;1-8,16-17H,9-10H2;2-5,10-11H,6H2,1H3;1-4,10H,5-6H2;3*1-2H3;;;. The number of aliphatic hydroxyl groups is 3. The second-order valence-electron chi connectivity index (χ2n) is 13.0. The van der Waals surface area contributed by atoms with Gasteiger partial charge in [0.2, 0.25) is 0 Å². The number of fused-ring (bicyclic) bond motifs is 1. The summed E-state index contributed by atoms with van der Waals surface area (Å²) in [4.78, 5) is 24.4. The second-order valence-corrected chi connectivity index (χ2v) is 13.6. The first-order valence-electron chi connectivity index (χ1n) is 21.6. The molecule has 0 radical (unpaired) electrons. The number of halogens is 1. The van der Waals surface area contributed by atoms with Crippen LogP contribution in [0.1, 0.15) is 79.7 Å². The Morgan fingerprint density at radius 3 is 1.55 bits per heavy atom. The Morgan fingerprint density at radius 2 is 1.06 bits per heavy atom. The number of ketones is 1. The van der Waals surface area contributed by atoms with Gasteiger partial charge in [0.15, 0.2) is 18.0 Å². The average molecular weight is 1770 g/mol. The van der Waals surface area contributed by atoms with E-state index in [1.54, 1.807) is 78.9 Å². The van der Waals surface area contributed by atoms with Crippen LogP contribution in [0.4, 0.5) is 0 Å². The van der Waals surface area contributed by atoms with Crippen LogP contribution in [0.2, 0.25) is 0 Å². The van der Waals surface area contributed by atoms with Crippen LogP contribution in [0.25, 0.3) is 22.1 Å². The summed E-state index contributed by atoms with van der Waals surface area (Å²) in [5, 5.41) is 55.5. The van der Waals surface area contributed by atoms with Gasteiger partial charge >= 0.3 is 7.12 Å². The van der Waals surface area contributed by atoms with Crippen LogP contribution in [0.3, 0.4) is 0 Å². The molecule has 7 rings (SSSR count). The molecule has 0 atom stereocenters. The van der Waals surface area contributed by atoms with Gasteiger partial charge in [-0.05, 0) is 63.7 Å². The zero-order valence-electron chi connectivity index (χ0n) is 41.0. The van der Waals surface area contributed by atoms with E-state index in [1.165, 1.54) is 25.0 Å². The van der Waals surface area contributed by atoms with Crippen LogP contribution in [0, 0.1) is 0 Å². The van der Waals surface area contributed by atoms with Crippen molar-refractivity contribution in [3.63, 3.8) is 0 Å². The van der Waals surface area contributed by atoms with Crippen molar-refractivity contribution in [3.8, 4) is 22.6 Å². The van der Waals surface area contributed by atoms with Gasteiger partial charge in [0.25, 0.3) is 0 Å². The third-order valence-corrected chi connectivity index (χ3v) is 9.44. The van der Waals surface area contributed by atoms with Gasteiger partial charge in [-0.25, -0.2) is 0 Å². The normalized spacial score (nSPS) is 9.17. The van der Waals surface area contributed by atoms with Gasteiger partial charge in [-0.15, -0.1) is 0 Å². The van der Waals surface area contributed by atoms with Gasteiger partial charge in [0.05, 0.1) is 36.3 Å². The monoisotopic (exact) mass is 1780 g/mol. The van der Waals surface area contributed by atoms with E-state index in [2.05, 4.69) is 15.9 Å². The minimum Gasteiger partial charge on any atom is -0.507 e. The molecule has 0 aliphatic heterocycles. The van der Waals surface area contributed by atoms with Crippen molar-refractivity contribution in [3.05, 3.63) is 195 Å². The SMILES string of the molecule is CC.CC.CC.COCOc1ccccc1B(O)O.O=C(Cc1ccc(CO)cc1)c1ccccc1O.O=c1c(-c2ccc(CO)cc2)coc2ccccc12.OCc1ccc(CBr)cc1.[Sg].[Sg].[Sg]. The van der Waals surface area contributed by atoms with Crippen molar-refractivity contribution in [1.82, 2.24) is 0 Å². The number of phenolic OH excluding ortho intramolecular Hbond substituents is 1. The summed E-state index contributed by atoms with van der Waals surface area (Å²) in [6, 6.07) is 42.6. The summed E-state index contributed by atoms with van der Waals surface area (Å²) in [6.07, 6.45) is 1.72. The molecule has 6 aromatic carbocycles. The fourth-order valence-corrected chi connectivity index (χ4v) is 5.87. The van der Waals surface area contributed by atoms with E-state index in [4.69, 9.17) is 39.3 Å². The van der Waals surface area contributed by atoms with Crippen molar-refractivity contribution in [2.45, 2.75) is 73.1 Å². The Kier molecular flexibility index (Phi) is 34.8. The Hall–Kier alpha value is -8.90. The number of alkyl halides is 1. The molecule has 0 spiro atoms. The number of hydrogen-bond acceptors (Lipinski definition) is 11. The number of Topliss-reactive ketones (excluding diaryl/α,β-unsaturated/α-hetero) is 1. The zero-order chi connectivity index (χ0) is 49.3. The molecule has 0 bridgehead atoms. The fraction of sp³-hybridized carbons (Fsp3) is 0.245. The first-order valence-corrected chi connectivity index (χ1v) is 22.8. The van der Waals surface area contributed by atoms with Crippen LogP contribution in [-0.2, 0) is 36.3 Å². The number of benzene rings is 6. The number of aromatic hydroxyl groups is 1. The van der Waals surface area contributed by atoms with E-state index in [9.17, 15) is 14.7 Å². The number of rotatable bonds is 12. The molecule has 69 heavy (non-hydrogen) atoms. The van der Waals surface area contributed by atoms with E-state index >= 15 is 0 Å². The van der Waals surface area contributed by atoms with Crippen molar-refractivity contribution in [2.24, 2.45) is 0 Å². The first-order chi connectivity index (χ1) is 32.1. The fourth-order valence-electron chi connectivity index (χ4n) is 5.50. The molecule has 16 heteroatoms. The molecule has 0 saturated heterocycles. The van der Waals surface area contributed by atoms with Gasteiger partial charge in [-0.3, -0.25) is 9.59 Å². The minimum absolute atomic E-state index is 0. The summed E-state index contributed by atoms with van der Waals surface area (Å²) in [5.41, 5.74) is 7.22. The maximum absolute atomic E-state index is 12.4. The molecular formula is C53H64BBrO11Sg3. The molecule has 0 aliphatic carbocycles. The van der Waals surface area contributed by atoms with Gasteiger partial charge < -0.3 is 44.4 Å². The Labute approximate surface area is 397 Å². The summed E-state index contributed by atoms with van der Waals surface area (Å²) in [5.74, 6) is 0.304. The van der Waals surface area contributed by atoms with Gasteiger partial charge in [-0.2, -0.15) is 0 Å². The number of carbonyl (C=O) groups excluding carboxylic acids is 1. The van der Waals surface area contributed by atoms with Crippen molar-refractivity contribution in [2.75, 3.05) is 13.9 Å². The molecule has 0 unspecified atom stereocenters. The number of para-hydroxylation sites is 3. The maximum atomic E-state index is 12.4. The zero-order valence-corrected chi connectivity index (χ0v) is 62.0. The van der Waals surface area contributed by atoms with E-state index in [-0.39, 0.29) is 50.0 Å². The molecule has 7 aromatic rings. The second kappa shape index (κ2) is 37.3. The Bertz CT molecular complexity index is 2420. The number of hydrogen-bond donors (Lipinski definition) is 6. The summed E-state index contributed by atoms with van der Waals surface area (Å²) < 4.78 is 15.3. The summed E-state index contributed by atoms with van der Waals surface area (Å²) in [7, 11) is -0.0223. The van der Waals surface area contributed by atoms with Crippen molar-refractivity contribution < 1.29 is 49.2 Å². The number of methoxy groups -OCH3 is 1. The van der Waals surface area contributed by atoms with E-state index in [0.29, 0.717) is 33.3 Å². The van der Waals surface area contributed by atoms with E-state index in [1.807, 2.05) is 102 Å². The van der Waals surface area contributed by atoms with Gasteiger partial charge in [0, 0.05) is 24.3 Å². The molecule has 358 valence electrons. The quantitative estimate of drug-likeness (QED) is 0.0296. The predicted molar refractivity (Wildman–Crippen MR) is 270 cm³/mol. The van der Waals surface area contributed by atoms with Crippen LogP contribution in [0.5, 0.6) is 11.5 Å². The Morgan fingerprint density at radius 1 is 0.609 bits per heavy atom. The van der Waals surface area contributed by atoms with E-state index < -0.39 is 7.12 Å². The van der Waals surface area contributed by atoms with Crippen molar-refractivity contribution in [1.29, 1.82) is 0 Å². The Balaban J connectivity index is -0.000000818. The number of aliphatic hydroxyl groups excluding tert-OH is 3.